The summed E-state index contributed by atoms with van der Waals surface area (Å²) >= 11 is 0. The Kier molecular flexibility index (Phi) is 8.48. The van der Waals surface area contributed by atoms with Crippen molar-refractivity contribution in [3.63, 3.8) is 0 Å². The average Bonchev–Trinajstić information content (AvgIpc) is 3.48. The van der Waals surface area contributed by atoms with Crippen LogP contribution >= 0.6 is 0 Å². The zero-order chi connectivity index (χ0) is 28.0. The van der Waals surface area contributed by atoms with Crippen molar-refractivity contribution >= 4 is 18.0 Å². The Labute approximate surface area is 226 Å². The van der Waals surface area contributed by atoms with Crippen molar-refractivity contribution in [3.8, 4) is 17.0 Å². The molecule has 0 saturated carbocycles. The van der Waals surface area contributed by atoms with Crippen molar-refractivity contribution in [1.29, 1.82) is 0 Å². The number of hydrogen-bond donors (Lipinski definition) is 2. The first-order valence-corrected chi connectivity index (χ1v) is 12.7. The lowest BCUT2D eigenvalue weighted by Gasteiger charge is -2.23. The van der Waals surface area contributed by atoms with Gasteiger partial charge in [0, 0.05) is 12.5 Å². The monoisotopic (exact) mass is 535 g/mol. The average molecular weight is 536 g/mol. The fourth-order valence-electron chi connectivity index (χ4n) is 4.43. The third-order valence-corrected chi connectivity index (χ3v) is 6.08. The second-order valence-electron chi connectivity index (χ2n) is 10.1. The molecule has 0 radical (unpaired) electrons. The van der Waals surface area contributed by atoms with Gasteiger partial charge in [-0.05, 0) is 43.0 Å². The van der Waals surface area contributed by atoms with Gasteiger partial charge in [-0.15, -0.1) is 5.10 Å². The maximum atomic E-state index is 13.0. The van der Waals surface area contributed by atoms with E-state index in [-0.39, 0.29) is 32.0 Å². The molecule has 2 amide bonds. The lowest BCUT2D eigenvalue weighted by molar-refractivity contribution is -0.156. The van der Waals surface area contributed by atoms with Crippen LogP contribution in [0, 0.1) is 0 Å². The fraction of sp³-hybridized carbons (Fsp3) is 0.393. The summed E-state index contributed by atoms with van der Waals surface area (Å²) in [6.45, 7) is 5.68. The van der Waals surface area contributed by atoms with Crippen LogP contribution in [0.5, 0.6) is 5.88 Å². The van der Waals surface area contributed by atoms with Crippen molar-refractivity contribution in [2.45, 2.75) is 51.3 Å². The highest BCUT2D eigenvalue weighted by Gasteiger charge is 2.31. The minimum absolute atomic E-state index is 0.0768. The van der Waals surface area contributed by atoms with Crippen LogP contribution in [0.25, 0.3) is 11.1 Å². The molecule has 1 aliphatic carbocycles. The molecule has 0 fully saturated rings. The summed E-state index contributed by atoms with van der Waals surface area (Å²) in [6.07, 6.45) is 0.284. The summed E-state index contributed by atoms with van der Waals surface area (Å²) in [5.74, 6) is -0.977. The molecule has 0 spiro atoms. The van der Waals surface area contributed by atoms with E-state index in [1.54, 1.807) is 20.8 Å². The molecule has 0 bridgehead atoms. The first-order chi connectivity index (χ1) is 18.6. The Morgan fingerprint density at radius 2 is 1.67 bits per heavy atom. The third kappa shape index (κ3) is 7.13. The molecular weight excluding hydrogens is 502 g/mol. The SMILES string of the molecule is COc1cnn(CCNC(=O)[C@H](CC(=O)OC(C)(C)C)NC(=O)OCC2c3ccccc3-c3ccccc32)n1. The Hall–Kier alpha value is -4.41. The molecule has 1 aliphatic rings. The number of benzene rings is 2. The summed E-state index contributed by atoms with van der Waals surface area (Å²) in [5, 5.41) is 13.3. The standard InChI is InChI=1S/C28H33N5O6/c1-28(2,3)39-25(34)15-23(26(35)29-13-14-33-30-16-24(32-33)37-4)31-27(36)38-17-22-20-11-7-5-9-18(20)19-10-6-8-12-21(19)22/h5-12,16,22-23H,13-15,17H2,1-4H3,(H,29,35)(H,31,36)/t23-/m0/s1. The van der Waals surface area contributed by atoms with Crippen molar-refractivity contribution in [3.05, 3.63) is 65.9 Å². The topological polar surface area (TPSA) is 134 Å². The molecule has 0 saturated heterocycles. The van der Waals surface area contributed by atoms with E-state index in [2.05, 4.69) is 20.8 Å². The minimum Gasteiger partial charge on any atom is -0.479 e. The van der Waals surface area contributed by atoms with E-state index in [0.29, 0.717) is 5.88 Å². The number of carbonyl (C=O) groups excluding carboxylic acids is 3. The number of ether oxygens (including phenoxy) is 3. The van der Waals surface area contributed by atoms with Crippen LogP contribution in [0.4, 0.5) is 4.79 Å². The maximum Gasteiger partial charge on any atom is 0.407 e. The van der Waals surface area contributed by atoms with Crippen molar-refractivity contribution in [1.82, 2.24) is 25.6 Å². The minimum atomic E-state index is -1.20. The van der Waals surface area contributed by atoms with Crippen LogP contribution < -0.4 is 15.4 Å². The Bertz CT molecular complexity index is 1290. The Morgan fingerprint density at radius 1 is 1.03 bits per heavy atom. The smallest absolute Gasteiger partial charge is 0.407 e. The largest absolute Gasteiger partial charge is 0.479 e. The van der Waals surface area contributed by atoms with Gasteiger partial charge in [-0.1, -0.05) is 48.5 Å². The van der Waals surface area contributed by atoms with Crippen molar-refractivity contribution in [2.75, 3.05) is 20.3 Å². The number of methoxy groups -OCH3 is 1. The maximum absolute atomic E-state index is 13.0. The van der Waals surface area contributed by atoms with Gasteiger partial charge in [-0.2, -0.15) is 9.90 Å². The molecule has 11 nitrogen and oxygen atoms in total. The number of amides is 2. The second-order valence-corrected chi connectivity index (χ2v) is 10.1. The van der Waals surface area contributed by atoms with Gasteiger partial charge in [0.2, 0.25) is 5.91 Å². The van der Waals surface area contributed by atoms with Gasteiger partial charge in [0.05, 0.1) is 20.1 Å². The molecule has 39 heavy (non-hydrogen) atoms. The van der Waals surface area contributed by atoms with E-state index in [1.807, 2.05) is 48.5 Å². The van der Waals surface area contributed by atoms with Gasteiger partial charge in [0.25, 0.3) is 5.88 Å². The first-order valence-electron chi connectivity index (χ1n) is 12.7. The number of nitrogens with zero attached hydrogens (tertiary/aromatic N) is 3. The Balaban J connectivity index is 1.38. The van der Waals surface area contributed by atoms with Crippen LogP contribution in [0.3, 0.4) is 0 Å². The van der Waals surface area contributed by atoms with Crippen LogP contribution in [0.15, 0.2) is 54.7 Å². The first kappa shape index (κ1) is 27.6. The van der Waals surface area contributed by atoms with E-state index in [4.69, 9.17) is 14.2 Å². The number of esters is 1. The number of rotatable bonds is 10. The number of alkyl carbamates (subject to hydrolysis) is 1. The van der Waals surface area contributed by atoms with E-state index < -0.39 is 29.6 Å². The lowest BCUT2D eigenvalue weighted by atomic mass is 9.98. The molecule has 2 aromatic carbocycles. The molecule has 1 atom stereocenters. The fourth-order valence-corrected chi connectivity index (χ4v) is 4.43. The molecule has 0 aliphatic heterocycles. The highest BCUT2D eigenvalue weighted by Crippen LogP contribution is 2.44. The highest BCUT2D eigenvalue weighted by molar-refractivity contribution is 5.89. The van der Waals surface area contributed by atoms with E-state index in [0.717, 1.165) is 22.3 Å². The molecule has 4 rings (SSSR count). The van der Waals surface area contributed by atoms with Crippen LogP contribution in [-0.2, 0) is 25.6 Å². The zero-order valence-electron chi connectivity index (χ0n) is 22.5. The predicted octanol–water partition coefficient (Wildman–Crippen LogP) is 3.04. The number of carbonyl (C=O) groups is 3. The molecule has 0 unspecified atom stereocenters. The number of nitrogens with one attached hydrogen (secondary N) is 2. The zero-order valence-corrected chi connectivity index (χ0v) is 22.5. The number of aromatic nitrogens is 3. The van der Waals surface area contributed by atoms with E-state index >= 15 is 0 Å². The van der Waals surface area contributed by atoms with Gasteiger partial charge in [0.15, 0.2) is 0 Å². The van der Waals surface area contributed by atoms with Gasteiger partial charge in [-0.25, -0.2) is 4.79 Å². The second kappa shape index (κ2) is 12.0. The van der Waals surface area contributed by atoms with Gasteiger partial charge in [-0.3, -0.25) is 9.59 Å². The molecular formula is C28H33N5O6. The Morgan fingerprint density at radius 3 is 2.26 bits per heavy atom. The van der Waals surface area contributed by atoms with Crippen LogP contribution in [0.2, 0.25) is 0 Å². The van der Waals surface area contributed by atoms with Gasteiger partial charge in [0.1, 0.15) is 24.4 Å². The third-order valence-electron chi connectivity index (χ3n) is 6.08. The van der Waals surface area contributed by atoms with Gasteiger partial charge >= 0.3 is 12.1 Å². The molecule has 1 aromatic heterocycles. The summed E-state index contributed by atoms with van der Waals surface area (Å²) in [6, 6.07) is 14.8. The molecule has 206 valence electrons. The molecule has 11 heteroatoms. The lowest BCUT2D eigenvalue weighted by Crippen LogP contribution is -2.49. The van der Waals surface area contributed by atoms with E-state index in [9.17, 15) is 14.4 Å². The summed E-state index contributed by atoms with van der Waals surface area (Å²) in [4.78, 5) is 39.6. The predicted molar refractivity (Wildman–Crippen MR) is 142 cm³/mol. The van der Waals surface area contributed by atoms with Crippen LogP contribution in [0.1, 0.15) is 44.2 Å². The summed E-state index contributed by atoms with van der Waals surface area (Å²) in [7, 11) is 1.48. The highest BCUT2D eigenvalue weighted by atomic mass is 16.6. The normalized spacial score (nSPS) is 13.1. The molecule has 2 N–H and O–H groups in total. The van der Waals surface area contributed by atoms with Gasteiger partial charge < -0.3 is 24.8 Å². The number of fused-ring (bicyclic) bond motifs is 3. The quantitative estimate of drug-likeness (QED) is 0.379. The van der Waals surface area contributed by atoms with Crippen LogP contribution in [-0.4, -0.2) is 64.9 Å². The van der Waals surface area contributed by atoms with E-state index in [1.165, 1.54) is 18.1 Å². The summed E-state index contributed by atoms with van der Waals surface area (Å²) in [5.41, 5.74) is 3.60. The van der Waals surface area contributed by atoms with Crippen molar-refractivity contribution in [2.24, 2.45) is 0 Å². The number of hydrogen-bond acceptors (Lipinski definition) is 8. The van der Waals surface area contributed by atoms with Crippen molar-refractivity contribution < 1.29 is 28.6 Å². The summed E-state index contributed by atoms with van der Waals surface area (Å²) < 4.78 is 15.9. The molecule has 3 aromatic rings. The molecule has 1 heterocycles.